The molecule has 154 valence electrons. The van der Waals surface area contributed by atoms with Crippen LogP contribution in [0.3, 0.4) is 0 Å². The zero-order valence-electron chi connectivity index (χ0n) is 16.4. The van der Waals surface area contributed by atoms with E-state index in [0.717, 1.165) is 16.5 Å². The van der Waals surface area contributed by atoms with Crippen molar-refractivity contribution in [3.63, 3.8) is 0 Å². The summed E-state index contributed by atoms with van der Waals surface area (Å²) in [6.07, 6.45) is 0. The zero-order valence-corrected chi connectivity index (χ0v) is 19.6. The minimum Gasteiger partial charge on any atom is -0.303 e. The van der Waals surface area contributed by atoms with E-state index < -0.39 is 0 Å². The summed E-state index contributed by atoms with van der Waals surface area (Å²) in [5, 5.41) is 15.6. The van der Waals surface area contributed by atoms with Crippen molar-refractivity contribution in [3.05, 3.63) is 39.4 Å². The molecule has 1 amide bonds. The van der Waals surface area contributed by atoms with E-state index in [1.807, 2.05) is 11.4 Å². The van der Waals surface area contributed by atoms with Crippen LogP contribution in [0.4, 0.5) is 5.13 Å². The maximum Gasteiger partial charge on any atom is 0.236 e. The van der Waals surface area contributed by atoms with Crippen LogP contribution in [0.15, 0.2) is 28.7 Å². The third-order valence-corrected chi connectivity index (χ3v) is 6.26. The number of amides is 1. The Hall–Kier alpha value is -1.61. The summed E-state index contributed by atoms with van der Waals surface area (Å²) >= 11 is 14.9. The average molecular weight is 470 g/mol. The zero-order chi connectivity index (χ0) is 21.1. The molecule has 1 N–H and O–H groups in total. The van der Waals surface area contributed by atoms with Crippen molar-refractivity contribution in [2.75, 3.05) is 11.1 Å². The summed E-state index contributed by atoms with van der Waals surface area (Å²) in [6.45, 7) is 8.32. The van der Waals surface area contributed by atoms with Gasteiger partial charge >= 0.3 is 0 Å². The molecule has 3 aromatic rings. The average Bonchev–Trinajstić information content (AvgIpc) is 3.27. The number of thioether (sulfide) groups is 1. The number of carbonyl (C=O) groups excluding carboxylic acids is 1. The molecular weight excluding hydrogens is 449 g/mol. The van der Waals surface area contributed by atoms with Gasteiger partial charge in [-0.25, -0.2) is 4.98 Å². The highest BCUT2D eigenvalue weighted by molar-refractivity contribution is 7.99. The molecule has 3 rings (SSSR count). The highest BCUT2D eigenvalue weighted by atomic mass is 35.5. The maximum atomic E-state index is 12.4. The number of nitrogens with one attached hydrogen (secondary N) is 1. The van der Waals surface area contributed by atoms with E-state index in [1.165, 1.54) is 23.1 Å². The van der Waals surface area contributed by atoms with Crippen molar-refractivity contribution in [3.8, 4) is 11.3 Å². The lowest BCUT2D eigenvalue weighted by Crippen LogP contribution is -2.15. The van der Waals surface area contributed by atoms with Gasteiger partial charge in [0.05, 0.1) is 16.5 Å². The smallest absolute Gasteiger partial charge is 0.236 e. The fourth-order valence-corrected chi connectivity index (χ4v) is 4.81. The normalized spacial score (nSPS) is 11.4. The molecule has 2 aromatic heterocycles. The first-order valence-corrected chi connectivity index (χ1v) is 11.7. The molecule has 6 nitrogen and oxygen atoms in total. The van der Waals surface area contributed by atoms with Crippen LogP contribution in [0.2, 0.25) is 10.0 Å². The Morgan fingerprint density at radius 3 is 2.66 bits per heavy atom. The van der Waals surface area contributed by atoms with Crippen LogP contribution >= 0.6 is 46.3 Å². The number of carbonyl (C=O) groups is 1. The number of halogens is 2. The molecule has 0 spiro atoms. The first-order valence-electron chi connectivity index (χ1n) is 9.04. The van der Waals surface area contributed by atoms with Gasteiger partial charge < -0.3 is 9.88 Å². The van der Waals surface area contributed by atoms with Gasteiger partial charge in [0.15, 0.2) is 10.3 Å². The van der Waals surface area contributed by atoms with Crippen LogP contribution in [0.25, 0.3) is 11.3 Å². The predicted octanol–water partition coefficient (Wildman–Crippen LogP) is 6.14. The van der Waals surface area contributed by atoms with Gasteiger partial charge in [-0.2, -0.15) is 0 Å². The maximum absolute atomic E-state index is 12.4. The molecule has 0 aliphatic heterocycles. The first kappa shape index (κ1) is 22.1. The molecule has 0 aliphatic carbocycles. The number of rotatable bonds is 7. The molecule has 0 atom stereocenters. The van der Waals surface area contributed by atoms with Crippen LogP contribution < -0.4 is 5.32 Å². The van der Waals surface area contributed by atoms with Gasteiger partial charge in [0.1, 0.15) is 5.82 Å². The fourth-order valence-electron chi connectivity index (χ4n) is 2.70. The number of aromatic nitrogens is 4. The third kappa shape index (κ3) is 5.31. The van der Waals surface area contributed by atoms with E-state index in [4.69, 9.17) is 23.2 Å². The summed E-state index contributed by atoms with van der Waals surface area (Å²) < 4.78 is 2.08. The van der Waals surface area contributed by atoms with Gasteiger partial charge in [-0.1, -0.05) is 48.8 Å². The van der Waals surface area contributed by atoms with Gasteiger partial charge in [-0.15, -0.1) is 21.5 Å². The molecule has 0 radical (unpaired) electrons. The van der Waals surface area contributed by atoms with E-state index in [9.17, 15) is 4.79 Å². The first-order chi connectivity index (χ1) is 13.8. The number of hydrogen-bond donors (Lipinski definition) is 1. The minimum absolute atomic E-state index is 0.150. The Morgan fingerprint density at radius 1 is 1.24 bits per heavy atom. The predicted molar refractivity (Wildman–Crippen MR) is 121 cm³/mol. The van der Waals surface area contributed by atoms with Crippen molar-refractivity contribution in [2.24, 2.45) is 0 Å². The number of anilines is 1. The number of hydrogen-bond acceptors (Lipinski definition) is 6. The van der Waals surface area contributed by atoms with Crippen molar-refractivity contribution < 1.29 is 4.79 Å². The van der Waals surface area contributed by atoms with Crippen LogP contribution in [0.1, 0.15) is 45.5 Å². The molecule has 10 heteroatoms. The Morgan fingerprint density at radius 2 is 2.00 bits per heavy atom. The van der Waals surface area contributed by atoms with E-state index in [1.54, 1.807) is 12.1 Å². The topological polar surface area (TPSA) is 72.7 Å². The van der Waals surface area contributed by atoms with Crippen LogP contribution in [0, 0.1) is 0 Å². The highest BCUT2D eigenvalue weighted by Gasteiger charge is 2.19. The number of thiazole rings is 1. The van der Waals surface area contributed by atoms with Gasteiger partial charge in [-0.05, 0) is 32.0 Å². The Kier molecular flexibility index (Phi) is 7.21. The summed E-state index contributed by atoms with van der Waals surface area (Å²) in [5.41, 5.74) is 1.47. The largest absolute Gasteiger partial charge is 0.303 e. The molecule has 1 aromatic carbocycles. The molecular formula is C19H21Cl2N5OS2. The lowest BCUT2D eigenvalue weighted by atomic mass is 10.2. The summed E-state index contributed by atoms with van der Waals surface area (Å²) in [5.74, 6) is 1.26. The van der Waals surface area contributed by atoms with Crippen molar-refractivity contribution in [1.29, 1.82) is 0 Å². The lowest BCUT2D eigenvalue weighted by Gasteiger charge is -2.15. The fraction of sp³-hybridized carbons (Fsp3) is 0.368. The quantitative estimate of drug-likeness (QED) is 0.420. The second-order valence-electron chi connectivity index (χ2n) is 6.96. The molecule has 0 saturated heterocycles. The Bertz CT molecular complexity index is 1020. The van der Waals surface area contributed by atoms with Crippen LogP contribution in [-0.4, -0.2) is 31.4 Å². The molecule has 0 aliphatic rings. The molecule has 29 heavy (non-hydrogen) atoms. The monoisotopic (exact) mass is 469 g/mol. The summed E-state index contributed by atoms with van der Waals surface area (Å²) in [7, 11) is 0. The van der Waals surface area contributed by atoms with E-state index in [0.29, 0.717) is 20.9 Å². The van der Waals surface area contributed by atoms with Gasteiger partial charge in [0.25, 0.3) is 0 Å². The highest BCUT2D eigenvalue weighted by Crippen LogP contribution is 2.32. The van der Waals surface area contributed by atoms with Crippen LogP contribution in [-0.2, 0) is 4.79 Å². The standard InChI is InChI=1S/C19H21Cl2N5OS2/c1-10(2)17-24-25-19(26(17)11(3)4)29-9-16(27)23-18-22-15(8-28-18)13-6-5-12(20)7-14(13)21/h5-8,10-11H,9H2,1-4H3,(H,22,23,27). The summed E-state index contributed by atoms with van der Waals surface area (Å²) in [6, 6.07) is 5.46. The second kappa shape index (κ2) is 9.47. The Balaban J connectivity index is 1.65. The minimum atomic E-state index is -0.150. The molecule has 0 bridgehead atoms. The second-order valence-corrected chi connectivity index (χ2v) is 9.60. The van der Waals surface area contributed by atoms with E-state index >= 15 is 0 Å². The van der Waals surface area contributed by atoms with Crippen molar-refractivity contribution >= 4 is 57.3 Å². The van der Waals surface area contributed by atoms with Crippen molar-refractivity contribution in [2.45, 2.75) is 44.8 Å². The molecule has 0 unspecified atom stereocenters. The third-order valence-electron chi connectivity index (χ3n) is 4.01. The number of nitrogens with zero attached hydrogens (tertiary/aromatic N) is 4. The molecule has 2 heterocycles. The lowest BCUT2D eigenvalue weighted by molar-refractivity contribution is -0.113. The van der Waals surface area contributed by atoms with Crippen molar-refractivity contribution in [1.82, 2.24) is 19.7 Å². The Labute approximate surface area is 188 Å². The van der Waals surface area contributed by atoms with Crippen LogP contribution in [0.5, 0.6) is 0 Å². The van der Waals surface area contributed by atoms with E-state index in [-0.39, 0.29) is 23.6 Å². The van der Waals surface area contributed by atoms with Gasteiger partial charge in [0, 0.05) is 27.9 Å². The van der Waals surface area contributed by atoms with E-state index in [2.05, 4.69) is 52.8 Å². The SMILES string of the molecule is CC(C)c1nnc(SCC(=O)Nc2nc(-c3ccc(Cl)cc3Cl)cs2)n1C(C)C. The number of benzene rings is 1. The molecule has 0 fully saturated rings. The van der Waals surface area contributed by atoms with Gasteiger partial charge in [0.2, 0.25) is 5.91 Å². The summed E-state index contributed by atoms with van der Waals surface area (Å²) in [4.78, 5) is 16.9. The molecule has 0 saturated carbocycles. The van der Waals surface area contributed by atoms with Gasteiger partial charge in [-0.3, -0.25) is 4.79 Å².